The third-order valence-corrected chi connectivity index (χ3v) is 3.35. The van der Waals surface area contributed by atoms with Crippen LogP contribution in [0.25, 0.3) is 0 Å². The van der Waals surface area contributed by atoms with Gasteiger partial charge in [0.1, 0.15) is 0 Å². The first-order chi connectivity index (χ1) is 7.24. The topological polar surface area (TPSA) is 29.9 Å². The van der Waals surface area contributed by atoms with Gasteiger partial charge in [-0.15, -0.1) is 0 Å². The van der Waals surface area contributed by atoms with Gasteiger partial charge in [-0.1, -0.05) is 12.8 Å². The summed E-state index contributed by atoms with van der Waals surface area (Å²) in [6.07, 6.45) is 9.31. The van der Waals surface area contributed by atoms with Gasteiger partial charge in [-0.3, -0.25) is 4.68 Å². The van der Waals surface area contributed by atoms with Crippen LogP contribution in [0.4, 0.5) is 0 Å². The van der Waals surface area contributed by atoms with Crippen LogP contribution >= 0.6 is 15.9 Å². The molecule has 0 bridgehead atoms. The molecule has 1 aromatic rings. The Labute approximate surface area is 99.4 Å². The number of nitrogens with one attached hydrogen (secondary N) is 1. The van der Waals surface area contributed by atoms with E-state index in [9.17, 15) is 0 Å². The molecule has 0 amide bonds. The van der Waals surface area contributed by atoms with E-state index in [1.165, 1.54) is 25.7 Å². The molecule has 2 rings (SSSR count). The van der Waals surface area contributed by atoms with Gasteiger partial charge >= 0.3 is 0 Å². The van der Waals surface area contributed by atoms with Crippen molar-refractivity contribution < 1.29 is 0 Å². The van der Waals surface area contributed by atoms with Crippen molar-refractivity contribution in [1.82, 2.24) is 15.1 Å². The second kappa shape index (κ2) is 5.12. The summed E-state index contributed by atoms with van der Waals surface area (Å²) in [5.74, 6) is 0. The van der Waals surface area contributed by atoms with Crippen LogP contribution in [0.15, 0.2) is 16.9 Å². The van der Waals surface area contributed by atoms with Crippen LogP contribution in [0.3, 0.4) is 0 Å². The maximum Gasteiger partial charge on any atom is 0.0632 e. The molecule has 0 radical (unpaired) electrons. The van der Waals surface area contributed by atoms with Crippen LogP contribution in [0.5, 0.6) is 0 Å². The van der Waals surface area contributed by atoms with Gasteiger partial charge in [0, 0.05) is 18.3 Å². The summed E-state index contributed by atoms with van der Waals surface area (Å²) in [6, 6.07) is 1.24. The van der Waals surface area contributed by atoms with E-state index < -0.39 is 0 Å². The molecule has 15 heavy (non-hydrogen) atoms. The quantitative estimate of drug-likeness (QED) is 0.913. The Hall–Kier alpha value is -0.350. The zero-order chi connectivity index (χ0) is 10.7. The minimum absolute atomic E-state index is 0.500. The maximum absolute atomic E-state index is 4.26. The molecular formula is C11H18BrN3. The molecule has 1 atom stereocenters. The van der Waals surface area contributed by atoms with Crippen molar-refractivity contribution in [3.05, 3.63) is 16.9 Å². The Balaban J connectivity index is 1.78. The molecule has 0 aliphatic heterocycles. The van der Waals surface area contributed by atoms with Crippen LogP contribution in [0, 0.1) is 0 Å². The normalized spacial score (nSPS) is 19.6. The number of aromatic nitrogens is 2. The first-order valence-corrected chi connectivity index (χ1v) is 6.47. The number of halogens is 1. The van der Waals surface area contributed by atoms with Crippen molar-refractivity contribution in [3.63, 3.8) is 0 Å². The third-order valence-electron chi connectivity index (χ3n) is 2.94. The molecule has 1 aliphatic carbocycles. The Bertz CT molecular complexity index is 305. The molecule has 1 aliphatic rings. The van der Waals surface area contributed by atoms with Crippen LogP contribution < -0.4 is 5.32 Å². The molecule has 0 aromatic carbocycles. The summed E-state index contributed by atoms with van der Waals surface area (Å²) in [5, 5.41) is 7.92. The van der Waals surface area contributed by atoms with Crippen molar-refractivity contribution in [2.75, 3.05) is 0 Å². The molecule has 1 saturated carbocycles. The largest absolute Gasteiger partial charge is 0.310 e. The van der Waals surface area contributed by atoms with E-state index in [1.807, 2.05) is 17.1 Å². The molecule has 1 aromatic heterocycles. The molecule has 1 heterocycles. The lowest BCUT2D eigenvalue weighted by Gasteiger charge is -2.18. The van der Waals surface area contributed by atoms with Crippen LogP contribution in [-0.2, 0) is 6.54 Å². The molecular weight excluding hydrogens is 254 g/mol. The van der Waals surface area contributed by atoms with E-state index in [0.717, 1.165) is 17.1 Å². The SMILES string of the molecule is CC(Cn1cc(Br)cn1)NC1CCCC1. The minimum Gasteiger partial charge on any atom is -0.310 e. The lowest BCUT2D eigenvalue weighted by Crippen LogP contribution is -2.37. The second-order valence-corrected chi connectivity index (χ2v) is 5.35. The third kappa shape index (κ3) is 3.31. The molecule has 84 valence electrons. The van der Waals surface area contributed by atoms with Gasteiger partial charge in [-0.05, 0) is 35.7 Å². The smallest absolute Gasteiger partial charge is 0.0632 e. The molecule has 0 saturated heterocycles. The molecule has 1 N–H and O–H groups in total. The predicted molar refractivity (Wildman–Crippen MR) is 64.8 cm³/mol. The molecule has 4 heteroatoms. The van der Waals surface area contributed by atoms with Crippen LogP contribution in [0.2, 0.25) is 0 Å². The summed E-state index contributed by atoms with van der Waals surface area (Å²) >= 11 is 3.41. The minimum atomic E-state index is 0.500. The van der Waals surface area contributed by atoms with Gasteiger partial charge in [0.25, 0.3) is 0 Å². The summed E-state index contributed by atoms with van der Waals surface area (Å²) in [7, 11) is 0. The summed E-state index contributed by atoms with van der Waals surface area (Å²) in [6.45, 7) is 3.18. The highest BCUT2D eigenvalue weighted by Gasteiger charge is 2.16. The highest BCUT2D eigenvalue weighted by Crippen LogP contribution is 2.18. The average Bonchev–Trinajstić information content (AvgIpc) is 2.77. The summed E-state index contributed by atoms with van der Waals surface area (Å²) in [5.41, 5.74) is 0. The highest BCUT2D eigenvalue weighted by atomic mass is 79.9. The average molecular weight is 272 g/mol. The van der Waals surface area contributed by atoms with E-state index in [-0.39, 0.29) is 0 Å². The number of rotatable bonds is 4. The summed E-state index contributed by atoms with van der Waals surface area (Å²) < 4.78 is 3.03. The summed E-state index contributed by atoms with van der Waals surface area (Å²) in [4.78, 5) is 0. The zero-order valence-electron chi connectivity index (χ0n) is 9.12. The lowest BCUT2D eigenvalue weighted by atomic mass is 10.2. The van der Waals surface area contributed by atoms with E-state index in [1.54, 1.807) is 0 Å². The van der Waals surface area contributed by atoms with Gasteiger partial charge < -0.3 is 5.32 Å². The Morgan fingerprint density at radius 3 is 2.93 bits per heavy atom. The van der Waals surface area contributed by atoms with Gasteiger partial charge in [0.2, 0.25) is 0 Å². The van der Waals surface area contributed by atoms with Gasteiger partial charge in [-0.25, -0.2) is 0 Å². The first-order valence-electron chi connectivity index (χ1n) is 5.68. The predicted octanol–water partition coefficient (Wildman–Crippen LogP) is 2.57. The molecule has 1 fully saturated rings. The van der Waals surface area contributed by atoms with Crippen LogP contribution in [-0.4, -0.2) is 21.9 Å². The number of hydrogen-bond donors (Lipinski definition) is 1. The fourth-order valence-corrected chi connectivity index (χ4v) is 2.59. The zero-order valence-corrected chi connectivity index (χ0v) is 10.7. The Morgan fingerprint density at radius 1 is 1.60 bits per heavy atom. The second-order valence-electron chi connectivity index (χ2n) is 4.43. The number of nitrogens with zero attached hydrogens (tertiary/aromatic N) is 2. The van der Waals surface area contributed by atoms with Gasteiger partial charge in [-0.2, -0.15) is 5.10 Å². The number of hydrogen-bond acceptors (Lipinski definition) is 2. The lowest BCUT2D eigenvalue weighted by molar-refractivity contribution is 0.396. The first kappa shape index (κ1) is 11.1. The van der Waals surface area contributed by atoms with Crippen molar-refractivity contribution in [3.8, 4) is 0 Å². The highest BCUT2D eigenvalue weighted by molar-refractivity contribution is 9.10. The monoisotopic (exact) mass is 271 g/mol. The van der Waals surface area contributed by atoms with Crippen molar-refractivity contribution in [2.24, 2.45) is 0 Å². The molecule has 3 nitrogen and oxygen atoms in total. The fraction of sp³-hybridized carbons (Fsp3) is 0.727. The van der Waals surface area contributed by atoms with Crippen LogP contribution in [0.1, 0.15) is 32.6 Å². The Kier molecular flexibility index (Phi) is 3.81. The molecule has 1 unspecified atom stereocenters. The maximum atomic E-state index is 4.26. The molecule has 0 spiro atoms. The fourth-order valence-electron chi connectivity index (χ4n) is 2.27. The van der Waals surface area contributed by atoms with Crippen molar-refractivity contribution in [1.29, 1.82) is 0 Å². The van der Waals surface area contributed by atoms with Crippen molar-refractivity contribution in [2.45, 2.75) is 51.2 Å². The van der Waals surface area contributed by atoms with E-state index in [0.29, 0.717) is 6.04 Å². The van der Waals surface area contributed by atoms with E-state index in [2.05, 4.69) is 33.3 Å². The van der Waals surface area contributed by atoms with E-state index >= 15 is 0 Å². The van der Waals surface area contributed by atoms with E-state index in [4.69, 9.17) is 0 Å². The standard InChI is InChI=1S/C11H18BrN3/c1-9(14-11-4-2-3-5-11)7-15-8-10(12)6-13-15/h6,8-9,11,14H,2-5,7H2,1H3. The Morgan fingerprint density at radius 2 is 2.33 bits per heavy atom. The van der Waals surface area contributed by atoms with Crippen molar-refractivity contribution >= 4 is 15.9 Å². The van der Waals surface area contributed by atoms with Gasteiger partial charge in [0.05, 0.1) is 17.2 Å². The van der Waals surface area contributed by atoms with Gasteiger partial charge in [0.15, 0.2) is 0 Å².